The van der Waals surface area contributed by atoms with Gasteiger partial charge in [-0.15, -0.1) is 21.8 Å². The standard InChI is InChI=1S/C15H12O3S2/c1-9-4-2-6-11-13(9)14(18)15(10-5-3-7-19-10)20(11)8-12(16)17/h2-8,15H,1H3,(H,16,17). The fraction of sp³-hybridized carbons (Fsp3) is 0.133. The molecule has 3 rings (SSSR count). The SMILES string of the molecule is Cc1cccc2c1C(=O)C(c1cccs1)S2=CC(=O)O. The molecule has 0 fully saturated rings. The van der Waals surface area contributed by atoms with Gasteiger partial charge in [-0.05, 0) is 30.0 Å². The number of benzene rings is 1. The number of hydrogen-bond donors (Lipinski definition) is 1. The zero-order valence-electron chi connectivity index (χ0n) is 10.7. The molecule has 20 heavy (non-hydrogen) atoms. The zero-order chi connectivity index (χ0) is 14.3. The Balaban J connectivity index is 2.25. The summed E-state index contributed by atoms with van der Waals surface area (Å²) in [5.41, 5.74) is 1.62. The minimum atomic E-state index is -0.975. The Morgan fingerprint density at radius 1 is 1.35 bits per heavy atom. The van der Waals surface area contributed by atoms with E-state index in [4.69, 9.17) is 5.11 Å². The molecular weight excluding hydrogens is 292 g/mol. The molecule has 1 aliphatic rings. The Morgan fingerprint density at radius 3 is 2.80 bits per heavy atom. The number of carboxylic acid groups (broad SMARTS) is 1. The molecule has 1 aromatic heterocycles. The molecule has 1 aromatic carbocycles. The van der Waals surface area contributed by atoms with Crippen molar-refractivity contribution < 1.29 is 14.7 Å². The average Bonchev–Trinajstić information content (AvgIpc) is 2.98. The summed E-state index contributed by atoms with van der Waals surface area (Å²) in [5.74, 6) is -0.932. The van der Waals surface area contributed by atoms with Crippen LogP contribution in [0.4, 0.5) is 0 Å². The normalized spacial score (nSPS) is 21.1. The number of aliphatic carboxylic acids is 1. The molecule has 0 aliphatic carbocycles. The van der Waals surface area contributed by atoms with Crippen LogP contribution in [0.5, 0.6) is 0 Å². The van der Waals surface area contributed by atoms with E-state index in [2.05, 4.69) is 0 Å². The van der Waals surface area contributed by atoms with E-state index in [1.165, 1.54) is 16.7 Å². The zero-order valence-corrected chi connectivity index (χ0v) is 12.3. The highest BCUT2D eigenvalue weighted by molar-refractivity contribution is 8.17. The van der Waals surface area contributed by atoms with Crippen molar-refractivity contribution in [1.82, 2.24) is 0 Å². The molecule has 2 aromatic rings. The summed E-state index contributed by atoms with van der Waals surface area (Å²) in [7, 11) is -0.704. The van der Waals surface area contributed by atoms with Gasteiger partial charge in [-0.1, -0.05) is 18.2 Å². The van der Waals surface area contributed by atoms with Crippen molar-refractivity contribution in [2.45, 2.75) is 17.1 Å². The predicted molar refractivity (Wildman–Crippen MR) is 82.1 cm³/mol. The van der Waals surface area contributed by atoms with Crippen molar-refractivity contribution >= 4 is 38.9 Å². The first kappa shape index (κ1) is 13.3. The van der Waals surface area contributed by atoms with Crippen LogP contribution in [0, 0.1) is 6.92 Å². The third kappa shape index (κ3) is 2.03. The summed E-state index contributed by atoms with van der Waals surface area (Å²) in [6, 6.07) is 9.45. The minimum Gasteiger partial charge on any atom is -0.478 e. The van der Waals surface area contributed by atoms with E-state index in [1.54, 1.807) is 0 Å². The van der Waals surface area contributed by atoms with Crippen LogP contribution in [-0.2, 0) is 4.79 Å². The molecule has 0 radical (unpaired) electrons. The van der Waals surface area contributed by atoms with Crippen LogP contribution in [0.15, 0.2) is 40.6 Å². The van der Waals surface area contributed by atoms with Crippen molar-refractivity contribution in [3.63, 3.8) is 0 Å². The Morgan fingerprint density at radius 2 is 2.15 bits per heavy atom. The van der Waals surface area contributed by atoms with E-state index in [0.29, 0.717) is 5.56 Å². The number of aryl methyl sites for hydroxylation is 1. The van der Waals surface area contributed by atoms with Crippen LogP contribution in [-0.4, -0.2) is 22.2 Å². The quantitative estimate of drug-likeness (QED) is 0.864. The molecule has 1 aliphatic heterocycles. The molecular formula is C15H12O3S2. The monoisotopic (exact) mass is 304 g/mol. The number of hydrogen-bond acceptors (Lipinski definition) is 3. The number of thiophene rings is 1. The number of carbonyl (C=O) groups excluding carboxylic acids is 1. The third-order valence-corrected chi connectivity index (χ3v) is 6.62. The number of rotatable bonds is 2. The topological polar surface area (TPSA) is 54.4 Å². The molecule has 5 heteroatoms. The Kier molecular flexibility index (Phi) is 3.31. The molecule has 0 saturated carbocycles. The van der Waals surface area contributed by atoms with E-state index in [1.807, 2.05) is 42.6 Å². The van der Waals surface area contributed by atoms with Gasteiger partial charge < -0.3 is 5.11 Å². The summed E-state index contributed by atoms with van der Waals surface area (Å²) in [5, 5.41) is 11.9. The highest BCUT2D eigenvalue weighted by Crippen LogP contribution is 2.53. The first-order chi connectivity index (χ1) is 9.59. The van der Waals surface area contributed by atoms with Gasteiger partial charge in [0.15, 0.2) is 5.78 Å². The smallest absolute Gasteiger partial charge is 0.334 e. The maximum atomic E-state index is 12.7. The lowest BCUT2D eigenvalue weighted by molar-refractivity contribution is -0.128. The molecule has 0 saturated heterocycles. The van der Waals surface area contributed by atoms with Crippen LogP contribution in [0.3, 0.4) is 0 Å². The first-order valence-electron chi connectivity index (χ1n) is 6.06. The van der Waals surface area contributed by atoms with Gasteiger partial charge in [0.25, 0.3) is 0 Å². The molecule has 2 unspecified atom stereocenters. The van der Waals surface area contributed by atoms with E-state index in [0.717, 1.165) is 15.3 Å². The maximum Gasteiger partial charge on any atom is 0.334 e. The Labute approximate surface area is 122 Å². The number of carbonyl (C=O) groups is 2. The molecule has 0 amide bonds. The molecule has 3 nitrogen and oxygen atoms in total. The van der Waals surface area contributed by atoms with Crippen LogP contribution < -0.4 is 0 Å². The van der Waals surface area contributed by atoms with E-state index >= 15 is 0 Å². The highest BCUT2D eigenvalue weighted by atomic mass is 32.2. The van der Waals surface area contributed by atoms with E-state index in [9.17, 15) is 9.59 Å². The van der Waals surface area contributed by atoms with Crippen LogP contribution in [0.2, 0.25) is 0 Å². The van der Waals surface area contributed by atoms with E-state index in [-0.39, 0.29) is 11.0 Å². The predicted octanol–water partition coefficient (Wildman–Crippen LogP) is 3.51. The first-order valence-corrected chi connectivity index (χ1v) is 8.29. The van der Waals surface area contributed by atoms with Gasteiger partial charge in [0.2, 0.25) is 0 Å². The minimum absolute atomic E-state index is 0.0429. The van der Waals surface area contributed by atoms with Crippen LogP contribution in [0.1, 0.15) is 26.0 Å². The van der Waals surface area contributed by atoms with Gasteiger partial charge in [-0.25, -0.2) is 4.79 Å². The molecule has 1 N–H and O–H groups in total. The molecule has 0 bridgehead atoms. The molecule has 102 valence electrons. The molecule has 2 heterocycles. The summed E-state index contributed by atoms with van der Waals surface area (Å²) < 4.78 is 0. The number of carboxylic acids is 1. The van der Waals surface area contributed by atoms with Crippen molar-refractivity contribution in [3.8, 4) is 0 Å². The van der Waals surface area contributed by atoms with Gasteiger partial charge in [0.1, 0.15) is 5.25 Å². The van der Waals surface area contributed by atoms with Crippen LogP contribution in [0.25, 0.3) is 0 Å². The fourth-order valence-corrected chi connectivity index (χ4v) is 5.79. The summed E-state index contributed by atoms with van der Waals surface area (Å²) in [4.78, 5) is 25.6. The molecule has 2 atom stereocenters. The summed E-state index contributed by atoms with van der Waals surface area (Å²) in [6.45, 7) is 1.90. The van der Waals surface area contributed by atoms with Crippen LogP contribution >= 0.6 is 21.8 Å². The second-order valence-electron chi connectivity index (χ2n) is 4.54. The second-order valence-corrected chi connectivity index (χ2v) is 7.41. The van der Waals surface area contributed by atoms with Gasteiger partial charge >= 0.3 is 5.97 Å². The van der Waals surface area contributed by atoms with Crippen molar-refractivity contribution in [2.75, 3.05) is 0 Å². The Hall–Kier alpha value is -1.72. The van der Waals surface area contributed by atoms with Crippen molar-refractivity contribution in [1.29, 1.82) is 0 Å². The fourth-order valence-electron chi connectivity index (χ4n) is 2.46. The maximum absolute atomic E-state index is 12.7. The third-order valence-electron chi connectivity index (χ3n) is 3.26. The number of fused-ring (bicyclic) bond motifs is 1. The second kappa shape index (κ2) is 5.00. The summed E-state index contributed by atoms with van der Waals surface area (Å²) >= 11 is 1.50. The largest absolute Gasteiger partial charge is 0.478 e. The Bertz CT molecular complexity index is 730. The average molecular weight is 304 g/mol. The number of Topliss-reactive ketones (excluding diaryl/α,β-unsaturated/α-hetero) is 1. The lowest BCUT2D eigenvalue weighted by atomic mass is 10.0. The molecule has 0 spiro atoms. The number of ketones is 1. The highest BCUT2D eigenvalue weighted by Gasteiger charge is 2.37. The lowest BCUT2D eigenvalue weighted by Gasteiger charge is -2.09. The van der Waals surface area contributed by atoms with Gasteiger partial charge in [-0.2, -0.15) is 0 Å². The van der Waals surface area contributed by atoms with Gasteiger partial charge in [-0.3, -0.25) is 4.79 Å². The summed E-state index contributed by atoms with van der Waals surface area (Å²) in [6.07, 6.45) is 0. The van der Waals surface area contributed by atoms with Gasteiger partial charge in [0, 0.05) is 15.3 Å². The van der Waals surface area contributed by atoms with Gasteiger partial charge in [0.05, 0.1) is 5.37 Å². The van der Waals surface area contributed by atoms with E-state index < -0.39 is 16.5 Å². The van der Waals surface area contributed by atoms with Crippen molar-refractivity contribution in [3.05, 3.63) is 51.7 Å². The van der Waals surface area contributed by atoms with Crippen molar-refractivity contribution in [2.24, 2.45) is 0 Å². The lowest BCUT2D eigenvalue weighted by Crippen LogP contribution is -2.05.